The Morgan fingerprint density at radius 1 is 1.37 bits per heavy atom. The second-order valence-electron chi connectivity index (χ2n) is 5.68. The summed E-state index contributed by atoms with van der Waals surface area (Å²) in [7, 11) is 0. The molecule has 3 N–H and O–H groups in total. The van der Waals surface area contributed by atoms with Gasteiger partial charge in [-0.05, 0) is 31.0 Å². The van der Waals surface area contributed by atoms with Gasteiger partial charge in [0.1, 0.15) is 5.82 Å². The minimum atomic E-state index is -0.250. The second-order valence-corrected chi connectivity index (χ2v) is 5.68. The number of carbonyl (C=O) groups excluding carboxylic acids is 1. The predicted molar refractivity (Wildman–Crippen MR) is 75.3 cm³/mol. The first kappa shape index (κ1) is 15.6. The number of carbonyl (C=O) groups is 1. The third kappa shape index (κ3) is 5.39. The van der Waals surface area contributed by atoms with Crippen molar-refractivity contribution < 1.29 is 9.18 Å². The summed E-state index contributed by atoms with van der Waals surface area (Å²) in [5, 5.41) is 2.90. The number of hydrogen-bond acceptors (Lipinski definition) is 2. The Hall–Kier alpha value is -1.42. The van der Waals surface area contributed by atoms with Crippen molar-refractivity contribution in [1.82, 2.24) is 5.32 Å². The number of rotatable bonds is 6. The highest BCUT2D eigenvalue weighted by Gasteiger charge is 2.21. The lowest BCUT2D eigenvalue weighted by atomic mass is 9.84. The van der Waals surface area contributed by atoms with Crippen LogP contribution in [0.2, 0.25) is 0 Å². The van der Waals surface area contributed by atoms with Crippen LogP contribution >= 0.6 is 0 Å². The first-order valence-corrected chi connectivity index (χ1v) is 6.59. The number of nitrogens with one attached hydrogen (secondary N) is 1. The van der Waals surface area contributed by atoms with Crippen molar-refractivity contribution in [1.29, 1.82) is 0 Å². The van der Waals surface area contributed by atoms with Crippen LogP contribution in [0.15, 0.2) is 24.3 Å². The molecule has 1 rings (SSSR count). The highest BCUT2D eigenvalue weighted by molar-refractivity contribution is 5.76. The van der Waals surface area contributed by atoms with Gasteiger partial charge >= 0.3 is 0 Å². The molecule has 1 amide bonds. The van der Waals surface area contributed by atoms with Crippen molar-refractivity contribution in [3.63, 3.8) is 0 Å². The maximum atomic E-state index is 12.9. The summed E-state index contributed by atoms with van der Waals surface area (Å²) in [6.45, 7) is 6.45. The quantitative estimate of drug-likeness (QED) is 0.830. The molecule has 3 nitrogen and oxygen atoms in total. The van der Waals surface area contributed by atoms with E-state index in [9.17, 15) is 9.18 Å². The zero-order valence-electron chi connectivity index (χ0n) is 11.9. The largest absolute Gasteiger partial charge is 0.355 e. The Kier molecular flexibility index (Phi) is 5.48. The van der Waals surface area contributed by atoms with Crippen LogP contribution in [-0.4, -0.2) is 18.5 Å². The van der Waals surface area contributed by atoms with Gasteiger partial charge in [0, 0.05) is 24.4 Å². The summed E-state index contributed by atoms with van der Waals surface area (Å²) in [5.74, 6) is -0.243. The summed E-state index contributed by atoms with van der Waals surface area (Å²) in [4.78, 5) is 11.7. The first-order valence-electron chi connectivity index (χ1n) is 6.59. The molecule has 19 heavy (non-hydrogen) atoms. The summed E-state index contributed by atoms with van der Waals surface area (Å²) in [5.41, 5.74) is 6.39. The molecule has 0 aliphatic heterocycles. The topological polar surface area (TPSA) is 55.1 Å². The van der Waals surface area contributed by atoms with Crippen LogP contribution in [0.25, 0.3) is 0 Å². The fourth-order valence-corrected chi connectivity index (χ4v) is 1.77. The third-order valence-electron chi connectivity index (χ3n) is 3.18. The molecule has 1 aromatic rings. The van der Waals surface area contributed by atoms with E-state index < -0.39 is 0 Å². The van der Waals surface area contributed by atoms with Crippen molar-refractivity contribution in [3.05, 3.63) is 35.6 Å². The molecule has 0 radical (unpaired) electrons. The molecular weight excluding hydrogens is 243 g/mol. The zero-order valence-corrected chi connectivity index (χ0v) is 11.9. The summed E-state index contributed by atoms with van der Waals surface area (Å²) in [6.07, 6.45) is 1.12. The Morgan fingerprint density at radius 3 is 2.47 bits per heavy atom. The molecule has 0 aliphatic carbocycles. The summed E-state index contributed by atoms with van der Waals surface area (Å²) < 4.78 is 12.9. The van der Waals surface area contributed by atoms with E-state index in [-0.39, 0.29) is 23.2 Å². The van der Waals surface area contributed by atoms with E-state index >= 15 is 0 Å². The van der Waals surface area contributed by atoms with E-state index in [4.69, 9.17) is 5.73 Å². The molecule has 0 saturated carbocycles. The predicted octanol–water partition coefficient (Wildman–Crippen LogP) is 2.35. The fraction of sp³-hybridized carbons (Fsp3) is 0.533. The van der Waals surface area contributed by atoms with Crippen LogP contribution < -0.4 is 11.1 Å². The summed E-state index contributed by atoms with van der Waals surface area (Å²) >= 11 is 0. The van der Waals surface area contributed by atoms with E-state index in [1.807, 2.05) is 20.8 Å². The number of amides is 1. The fourth-order valence-electron chi connectivity index (χ4n) is 1.77. The third-order valence-corrected chi connectivity index (χ3v) is 3.18. The summed E-state index contributed by atoms with van der Waals surface area (Å²) in [6, 6.07) is 6.42. The highest BCUT2D eigenvalue weighted by atomic mass is 19.1. The van der Waals surface area contributed by atoms with Crippen LogP contribution in [-0.2, 0) is 10.2 Å². The van der Waals surface area contributed by atoms with Crippen LogP contribution in [0.1, 0.15) is 39.2 Å². The van der Waals surface area contributed by atoms with Gasteiger partial charge in [-0.25, -0.2) is 4.39 Å². The number of halogens is 1. The van der Waals surface area contributed by atoms with Gasteiger partial charge in [-0.15, -0.1) is 0 Å². The molecule has 1 unspecified atom stereocenters. The molecule has 0 aromatic heterocycles. The minimum Gasteiger partial charge on any atom is -0.355 e. The monoisotopic (exact) mass is 266 g/mol. The molecule has 4 heteroatoms. The van der Waals surface area contributed by atoms with Crippen molar-refractivity contribution in [2.24, 2.45) is 5.73 Å². The Labute approximate surface area is 114 Å². The number of nitrogens with two attached hydrogens (primary N) is 1. The van der Waals surface area contributed by atoms with Crippen LogP contribution in [0.5, 0.6) is 0 Å². The first-order chi connectivity index (χ1) is 8.81. The Balaban J connectivity index is 2.50. The van der Waals surface area contributed by atoms with Gasteiger partial charge in [-0.2, -0.15) is 0 Å². The maximum Gasteiger partial charge on any atom is 0.220 e. The van der Waals surface area contributed by atoms with E-state index in [0.29, 0.717) is 19.4 Å². The zero-order chi connectivity index (χ0) is 14.5. The van der Waals surface area contributed by atoms with Gasteiger partial charge in [0.15, 0.2) is 0 Å². The van der Waals surface area contributed by atoms with Gasteiger partial charge in [0.05, 0.1) is 0 Å². The SMILES string of the molecule is CC(N)CCC(=O)NCC(C)(C)c1ccc(F)cc1. The molecule has 0 bridgehead atoms. The minimum absolute atomic E-state index is 0.00693. The Morgan fingerprint density at radius 2 is 1.95 bits per heavy atom. The van der Waals surface area contributed by atoms with Crippen LogP contribution in [0.3, 0.4) is 0 Å². The van der Waals surface area contributed by atoms with E-state index in [1.165, 1.54) is 12.1 Å². The number of hydrogen-bond donors (Lipinski definition) is 2. The van der Waals surface area contributed by atoms with Crippen LogP contribution in [0.4, 0.5) is 4.39 Å². The normalized spacial score (nSPS) is 13.1. The van der Waals surface area contributed by atoms with Crippen LogP contribution in [0, 0.1) is 5.82 Å². The van der Waals surface area contributed by atoms with Crippen molar-refractivity contribution in [3.8, 4) is 0 Å². The molecule has 0 fully saturated rings. The molecule has 1 atom stereocenters. The maximum absolute atomic E-state index is 12.9. The number of benzene rings is 1. The molecule has 106 valence electrons. The smallest absolute Gasteiger partial charge is 0.220 e. The molecule has 0 heterocycles. The van der Waals surface area contributed by atoms with Crippen molar-refractivity contribution >= 4 is 5.91 Å². The lowest BCUT2D eigenvalue weighted by molar-refractivity contribution is -0.121. The molecule has 0 saturated heterocycles. The second kappa shape index (κ2) is 6.66. The van der Waals surface area contributed by atoms with Gasteiger partial charge in [-0.1, -0.05) is 26.0 Å². The molecular formula is C15H23FN2O. The lowest BCUT2D eigenvalue weighted by Gasteiger charge is -2.25. The molecule has 0 spiro atoms. The molecule has 0 aliphatic rings. The van der Waals surface area contributed by atoms with Gasteiger partial charge < -0.3 is 11.1 Å². The molecule has 1 aromatic carbocycles. The van der Waals surface area contributed by atoms with Gasteiger partial charge in [0.2, 0.25) is 5.91 Å². The van der Waals surface area contributed by atoms with E-state index in [2.05, 4.69) is 5.32 Å². The average molecular weight is 266 g/mol. The lowest BCUT2D eigenvalue weighted by Crippen LogP contribution is -2.37. The Bertz CT molecular complexity index is 413. The van der Waals surface area contributed by atoms with Gasteiger partial charge in [0.25, 0.3) is 0 Å². The highest BCUT2D eigenvalue weighted by Crippen LogP contribution is 2.22. The average Bonchev–Trinajstić information content (AvgIpc) is 2.34. The standard InChI is InChI=1S/C15H23FN2O/c1-11(17)4-9-14(19)18-10-15(2,3)12-5-7-13(16)8-6-12/h5-8,11H,4,9-10,17H2,1-3H3,(H,18,19). The van der Waals surface area contributed by atoms with Crippen molar-refractivity contribution in [2.75, 3.05) is 6.54 Å². The van der Waals surface area contributed by atoms with Gasteiger partial charge in [-0.3, -0.25) is 4.79 Å². The van der Waals surface area contributed by atoms with Crippen molar-refractivity contribution in [2.45, 2.75) is 45.1 Å². The van der Waals surface area contributed by atoms with E-state index in [1.54, 1.807) is 12.1 Å². The van der Waals surface area contributed by atoms with E-state index in [0.717, 1.165) is 5.56 Å².